The number of alkyl halides is 3. The van der Waals surface area contributed by atoms with Gasteiger partial charge in [-0.3, -0.25) is 0 Å². The van der Waals surface area contributed by atoms with Gasteiger partial charge in [-0.15, -0.1) is 0 Å². The van der Waals surface area contributed by atoms with Crippen molar-refractivity contribution in [3.05, 3.63) is 58.9 Å². The molecule has 0 radical (unpaired) electrons. The molecular formula is C14H6F6O2. The molecule has 2 nitrogen and oxygen atoms in total. The lowest BCUT2D eigenvalue weighted by molar-refractivity contribution is -0.138. The van der Waals surface area contributed by atoms with Crippen LogP contribution in [0.5, 0.6) is 0 Å². The molecule has 0 aliphatic carbocycles. The van der Waals surface area contributed by atoms with Crippen molar-refractivity contribution in [1.82, 2.24) is 0 Å². The SMILES string of the molecule is O=C(O)c1cc(-c2cc(F)c(F)cc2F)ccc1C(F)(F)F. The van der Waals surface area contributed by atoms with E-state index in [2.05, 4.69) is 0 Å². The third-order valence-corrected chi connectivity index (χ3v) is 2.88. The van der Waals surface area contributed by atoms with Gasteiger partial charge < -0.3 is 5.11 Å². The van der Waals surface area contributed by atoms with Gasteiger partial charge in [-0.05, 0) is 23.8 Å². The third kappa shape index (κ3) is 2.90. The normalized spacial score (nSPS) is 11.5. The molecule has 1 N–H and O–H groups in total. The summed E-state index contributed by atoms with van der Waals surface area (Å²) in [4.78, 5) is 10.9. The van der Waals surface area contributed by atoms with E-state index in [4.69, 9.17) is 5.11 Å². The maximum atomic E-state index is 13.6. The fourth-order valence-electron chi connectivity index (χ4n) is 1.88. The number of carbonyl (C=O) groups is 1. The van der Waals surface area contributed by atoms with Crippen molar-refractivity contribution >= 4 is 5.97 Å². The van der Waals surface area contributed by atoms with Crippen LogP contribution in [0, 0.1) is 17.5 Å². The second-order valence-corrected chi connectivity index (χ2v) is 4.31. The summed E-state index contributed by atoms with van der Waals surface area (Å²) in [5, 5.41) is 8.84. The summed E-state index contributed by atoms with van der Waals surface area (Å²) >= 11 is 0. The molecule has 2 aromatic rings. The third-order valence-electron chi connectivity index (χ3n) is 2.88. The first-order valence-electron chi connectivity index (χ1n) is 5.70. The Morgan fingerprint density at radius 3 is 2.05 bits per heavy atom. The fraction of sp³-hybridized carbons (Fsp3) is 0.0714. The second-order valence-electron chi connectivity index (χ2n) is 4.31. The van der Waals surface area contributed by atoms with Crippen LogP contribution in [0.25, 0.3) is 11.1 Å². The molecule has 0 unspecified atom stereocenters. The minimum Gasteiger partial charge on any atom is -0.478 e. The number of aromatic carboxylic acids is 1. The fourth-order valence-corrected chi connectivity index (χ4v) is 1.88. The summed E-state index contributed by atoms with van der Waals surface area (Å²) in [6.07, 6.45) is -4.92. The predicted molar refractivity (Wildman–Crippen MR) is 63.7 cm³/mol. The molecule has 2 rings (SSSR count). The van der Waals surface area contributed by atoms with Gasteiger partial charge in [0.25, 0.3) is 0 Å². The highest BCUT2D eigenvalue weighted by atomic mass is 19.4. The van der Waals surface area contributed by atoms with E-state index in [1.807, 2.05) is 0 Å². The lowest BCUT2D eigenvalue weighted by Crippen LogP contribution is -2.13. The Labute approximate surface area is 119 Å². The Morgan fingerprint density at radius 2 is 1.50 bits per heavy atom. The van der Waals surface area contributed by atoms with Crippen molar-refractivity contribution in [3.63, 3.8) is 0 Å². The second kappa shape index (κ2) is 5.36. The van der Waals surface area contributed by atoms with Gasteiger partial charge in [0.1, 0.15) is 5.82 Å². The zero-order valence-corrected chi connectivity index (χ0v) is 10.5. The molecule has 0 heterocycles. The van der Waals surface area contributed by atoms with E-state index in [-0.39, 0.29) is 11.6 Å². The topological polar surface area (TPSA) is 37.3 Å². The summed E-state index contributed by atoms with van der Waals surface area (Å²) < 4.78 is 77.7. The van der Waals surface area contributed by atoms with Crippen molar-refractivity contribution in [3.8, 4) is 11.1 Å². The summed E-state index contributed by atoms with van der Waals surface area (Å²) in [6.45, 7) is 0. The molecule has 22 heavy (non-hydrogen) atoms. The van der Waals surface area contributed by atoms with Gasteiger partial charge >= 0.3 is 12.1 Å². The first kappa shape index (κ1) is 15.9. The number of halogens is 6. The lowest BCUT2D eigenvalue weighted by Gasteiger charge is -2.12. The average Bonchev–Trinajstić information content (AvgIpc) is 2.41. The number of carboxylic acid groups (broad SMARTS) is 1. The molecule has 8 heteroatoms. The monoisotopic (exact) mass is 320 g/mol. The summed E-state index contributed by atoms with van der Waals surface area (Å²) in [7, 11) is 0. The number of rotatable bonds is 2. The van der Waals surface area contributed by atoms with Gasteiger partial charge in [-0.1, -0.05) is 6.07 Å². The van der Waals surface area contributed by atoms with Crippen molar-refractivity contribution in [2.45, 2.75) is 6.18 Å². The van der Waals surface area contributed by atoms with Crippen LogP contribution in [-0.4, -0.2) is 11.1 Å². The van der Waals surface area contributed by atoms with E-state index in [1.165, 1.54) is 0 Å². The van der Waals surface area contributed by atoms with E-state index in [1.54, 1.807) is 0 Å². The highest BCUT2D eigenvalue weighted by molar-refractivity contribution is 5.91. The van der Waals surface area contributed by atoms with E-state index >= 15 is 0 Å². The molecule has 0 aromatic heterocycles. The van der Waals surface area contributed by atoms with Crippen molar-refractivity contribution in [2.75, 3.05) is 0 Å². The number of carboxylic acids is 1. The first-order valence-corrected chi connectivity index (χ1v) is 5.70. The largest absolute Gasteiger partial charge is 0.478 e. The summed E-state index contributed by atoms with van der Waals surface area (Å²) in [5.74, 6) is -5.98. The Bertz CT molecular complexity index is 752. The molecule has 0 aliphatic heterocycles. The molecular weight excluding hydrogens is 314 g/mol. The van der Waals surface area contributed by atoms with Gasteiger partial charge in [0.15, 0.2) is 11.6 Å². The Kier molecular flexibility index (Phi) is 3.87. The van der Waals surface area contributed by atoms with Crippen LogP contribution in [0.15, 0.2) is 30.3 Å². The molecule has 0 saturated carbocycles. The molecule has 2 aromatic carbocycles. The summed E-state index contributed by atoms with van der Waals surface area (Å²) in [5.41, 5.74) is -3.40. The molecule has 0 aliphatic rings. The van der Waals surface area contributed by atoms with E-state index in [9.17, 15) is 31.1 Å². The van der Waals surface area contributed by atoms with Crippen LogP contribution in [-0.2, 0) is 6.18 Å². The first-order chi connectivity index (χ1) is 10.1. The number of hydrogen-bond acceptors (Lipinski definition) is 1. The minimum absolute atomic E-state index is 0.225. The van der Waals surface area contributed by atoms with Crippen LogP contribution in [0.1, 0.15) is 15.9 Å². The molecule has 0 atom stereocenters. The average molecular weight is 320 g/mol. The zero-order chi connectivity index (χ0) is 16.7. The quantitative estimate of drug-likeness (QED) is 0.654. The minimum atomic E-state index is -4.92. The standard InChI is InChI=1S/C14H6F6O2/c15-10-5-12(17)11(16)4-7(10)6-1-2-9(14(18,19)20)8(3-6)13(21)22/h1-5H,(H,21,22). The Morgan fingerprint density at radius 1 is 0.909 bits per heavy atom. The highest BCUT2D eigenvalue weighted by Crippen LogP contribution is 2.35. The van der Waals surface area contributed by atoms with Crippen molar-refractivity contribution in [2.24, 2.45) is 0 Å². The maximum absolute atomic E-state index is 13.6. The summed E-state index contributed by atoms with van der Waals surface area (Å²) in [6, 6.07) is 2.45. The Balaban J connectivity index is 2.67. The lowest BCUT2D eigenvalue weighted by atomic mass is 9.98. The van der Waals surface area contributed by atoms with Crippen molar-refractivity contribution < 1.29 is 36.2 Å². The molecule has 0 saturated heterocycles. The molecule has 0 fully saturated rings. The molecule has 0 spiro atoms. The van der Waals surface area contributed by atoms with Gasteiger partial charge in [0.05, 0.1) is 11.1 Å². The maximum Gasteiger partial charge on any atom is 0.417 e. The smallest absolute Gasteiger partial charge is 0.417 e. The molecule has 0 bridgehead atoms. The van der Waals surface area contributed by atoms with Crippen LogP contribution in [0.4, 0.5) is 26.3 Å². The van der Waals surface area contributed by atoms with E-state index in [0.717, 1.165) is 6.07 Å². The van der Waals surface area contributed by atoms with Gasteiger partial charge in [0, 0.05) is 11.6 Å². The van der Waals surface area contributed by atoms with Gasteiger partial charge in [-0.25, -0.2) is 18.0 Å². The zero-order valence-electron chi connectivity index (χ0n) is 10.5. The van der Waals surface area contributed by atoms with Crippen LogP contribution in [0.2, 0.25) is 0 Å². The van der Waals surface area contributed by atoms with Crippen molar-refractivity contribution in [1.29, 1.82) is 0 Å². The number of hydrogen-bond donors (Lipinski definition) is 1. The van der Waals surface area contributed by atoms with Crippen LogP contribution >= 0.6 is 0 Å². The predicted octanol–water partition coefficient (Wildman–Crippen LogP) is 4.49. The molecule has 116 valence electrons. The highest BCUT2D eigenvalue weighted by Gasteiger charge is 2.35. The Hall–Kier alpha value is -2.51. The van der Waals surface area contributed by atoms with Gasteiger partial charge in [0.2, 0.25) is 0 Å². The van der Waals surface area contributed by atoms with Gasteiger partial charge in [-0.2, -0.15) is 13.2 Å². The van der Waals surface area contributed by atoms with E-state index in [0.29, 0.717) is 18.2 Å². The van der Waals surface area contributed by atoms with Crippen LogP contribution < -0.4 is 0 Å². The molecule has 0 amide bonds. The number of benzene rings is 2. The van der Waals surface area contributed by atoms with Crippen LogP contribution in [0.3, 0.4) is 0 Å². The van der Waals surface area contributed by atoms with E-state index < -0.39 is 46.3 Å².